The van der Waals surface area contributed by atoms with Crippen LogP contribution in [0.2, 0.25) is 0 Å². The van der Waals surface area contributed by atoms with Gasteiger partial charge in [-0.25, -0.2) is 0 Å². The molecule has 0 N–H and O–H groups in total. The minimum absolute atomic E-state index is 0.0950. The first kappa shape index (κ1) is 20.0. The second kappa shape index (κ2) is 6.46. The highest BCUT2D eigenvalue weighted by Gasteiger charge is 2.73. The van der Waals surface area contributed by atoms with Crippen LogP contribution in [0.3, 0.4) is 0 Å². The van der Waals surface area contributed by atoms with Gasteiger partial charge < -0.3 is 4.74 Å². The maximum atomic E-state index is 13.6. The van der Waals surface area contributed by atoms with Gasteiger partial charge in [0.1, 0.15) is 6.10 Å². The molecule has 4 unspecified atom stereocenters. The SMILES string of the molecule is CC(C)C(CC(F)(F)C(F)(F)C(F)(F)F)OC(=O)C1CC2C=CC1C2. The first-order valence-electron chi connectivity index (χ1n) is 7.97. The molecule has 4 atom stereocenters. The largest absolute Gasteiger partial charge is 0.462 e. The van der Waals surface area contributed by atoms with E-state index in [0.717, 1.165) is 6.42 Å². The van der Waals surface area contributed by atoms with Gasteiger partial charge in [-0.05, 0) is 30.6 Å². The number of carbonyl (C=O) groups excluding carboxylic acids is 1. The lowest BCUT2D eigenvalue weighted by Gasteiger charge is -2.32. The van der Waals surface area contributed by atoms with Crippen LogP contribution in [-0.4, -0.2) is 30.1 Å². The molecule has 0 aromatic carbocycles. The van der Waals surface area contributed by atoms with Crippen molar-refractivity contribution >= 4 is 5.97 Å². The van der Waals surface area contributed by atoms with Crippen LogP contribution in [0, 0.1) is 23.7 Å². The number of rotatable bonds is 6. The molecule has 0 aliphatic heterocycles. The molecule has 0 aromatic rings. The van der Waals surface area contributed by atoms with E-state index in [1.807, 2.05) is 12.2 Å². The van der Waals surface area contributed by atoms with E-state index in [0.29, 0.717) is 6.42 Å². The van der Waals surface area contributed by atoms with Gasteiger partial charge in [0.25, 0.3) is 0 Å². The number of fused-ring (bicyclic) bond motifs is 2. The zero-order valence-electron chi connectivity index (χ0n) is 13.6. The molecule has 2 bridgehead atoms. The third-order valence-electron chi connectivity index (χ3n) is 4.87. The summed E-state index contributed by atoms with van der Waals surface area (Å²) in [6, 6.07) is 0. The molecule has 0 radical (unpaired) electrons. The van der Waals surface area contributed by atoms with Crippen molar-refractivity contribution in [3.8, 4) is 0 Å². The predicted molar refractivity (Wildman–Crippen MR) is 74.1 cm³/mol. The number of alkyl halides is 7. The molecule has 2 aliphatic carbocycles. The molecule has 144 valence electrons. The Bertz CT molecular complexity index is 539. The van der Waals surface area contributed by atoms with Crippen LogP contribution in [0.1, 0.15) is 33.1 Å². The van der Waals surface area contributed by atoms with Gasteiger partial charge in [0.05, 0.1) is 12.3 Å². The number of hydrogen-bond donors (Lipinski definition) is 0. The smallest absolute Gasteiger partial charge is 0.459 e. The fraction of sp³-hybridized carbons (Fsp3) is 0.812. The molecular formula is C16H19F7O2. The Labute approximate surface area is 140 Å². The number of ether oxygens (including phenoxy) is 1. The number of hydrogen-bond acceptors (Lipinski definition) is 2. The first-order chi connectivity index (χ1) is 11.3. The van der Waals surface area contributed by atoms with Crippen molar-refractivity contribution in [1.29, 1.82) is 0 Å². The summed E-state index contributed by atoms with van der Waals surface area (Å²) in [6.45, 7) is 2.64. The van der Waals surface area contributed by atoms with Crippen molar-refractivity contribution in [2.45, 2.75) is 57.2 Å². The summed E-state index contributed by atoms with van der Waals surface area (Å²) in [5, 5.41) is 0. The second-order valence-corrected chi connectivity index (χ2v) is 7.09. The lowest BCUT2D eigenvalue weighted by Crippen LogP contribution is -2.54. The molecule has 0 amide bonds. The molecule has 2 rings (SSSR count). The molecule has 9 heteroatoms. The third-order valence-corrected chi connectivity index (χ3v) is 4.87. The van der Waals surface area contributed by atoms with Crippen LogP contribution in [0.5, 0.6) is 0 Å². The zero-order valence-corrected chi connectivity index (χ0v) is 13.6. The van der Waals surface area contributed by atoms with E-state index in [-0.39, 0.29) is 11.8 Å². The Morgan fingerprint density at radius 1 is 1.08 bits per heavy atom. The fourth-order valence-corrected chi connectivity index (χ4v) is 3.29. The van der Waals surface area contributed by atoms with Crippen molar-refractivity contribution in [3.05, 3.63) is 12.2 Å². The van der Waals surface area contributed by atoms with E-state index in [2.05, 4.69) is 0 Å². The normalized spacial score (nSPS) is 27.8. The highest BCUT2D eigenvalue weighted by molar-refractivity contribution is 5.74. The Balaban J connectivity index is 2.08. The van der Waals surface area contributed by atoms with Crippen molar-refractivity contribution in [1.82, 2.24) is 0 Å². The summed E-state index contributed by atoms with van der Waals surface area (Å²) < 4.78 is 95.0. The van der Waals surface area contributed by atoms with Gasteiger partial charge in [0.15, 0.2) is 0 Å². The Morgan fingerprint density at radius 3 is 2.08 bits per heavy atom. The van der Waals surface area contributed by atoms with Crippen LogP contribution >= 0.6 is 0 Å². The van der Waals surface area contributed by atoms with Gasteiger partial charge >= 0.3 is 24.0 Å². The van der Waals surface area contributed by atoms with Crippen LogP contribution in [0.25, 0.3) is 0 Å². The van der Waals surface area contributed by atoms with Crippen LogP contribution < -0.4 is 0 Å². The highest BCUT2D eigenvalue weighted by Crippen LogP contribution is 2.49. The van der Waals surface area contributed by atoms with E-state index < -0.39 is 48.4 Å². The molecule has 0 saturated heterocycles. The number of allylic oxidation sites excluding steroid dienone is 2. The van der Waals surface area contributed by atoms with E-state index in [9.17, 15) is 35.5 Å². The maximum Gasteiger partial charge on any atom is 0.459 e. The lowest BCUT2D eigenvalue weighted by molar-refractivity contribution is -0.358. The van der Waals surface area contributed by atoms with Gasteiger partial charge in [0, 0.05) is 0 Å². The first-order valence-corrected chi connectivity index (χ1v) is 7.97. The molecule has 2 nitrogen and oxygen atoms in total. The summed E-state index contributed by atoms with van der Waals surface area (Å²) in [4.78, 5) is 12.2. The quantitative estimate of drug-likeness (QED) is 0.371. The lowest BCUT2D eigenvalue weighted by atomic mass is 9.92. The van der Waals surface area contributed by atoms with E-state index in [1.54, 1.807) is 0 Å². The molecule has 1 fully saturated rings. The molecule has 0 heterocycles. The van der Waals surface area contributed by atoms with E-state index in [4.69, 9.17) is 4.74 Å². The average Bonchev–Trinajstić information content (AvgIpc) is 3.07. The van der Waals surface area contributed by atoms with Crippen LogP contribution in [0.4, 0.5) is 30.7 Å². The molecular weight excluding hydrogens is 357 g/mol. The van der Waals surface area contributed by atoms with Gasteiger partial charge in [-0.2, -0.15) is 30.7 Å². The molecule has 0 aromatic heterocycles. The fourth-order valence-electron chi connectivity index (χ4n) is 3.29. The van der Waals surface area contributed by atoms with E-state index >= 15 is 0 Å². The van der Waals surface area contributed by atoms with Crippen molar-refractivity contribution in [2.24, 2.45) is 23.7 Å². The third kappa shape index (κ3) is 3.79. The highest BCUT2D eigenvalue weighted by atomic mass is 19.4. The average molecular weight is 376 g/mol. The zero-order chi connectivity index (χ0) is 19.2. The number of esters is 1. The molecule has 1 saturated carbocycles. The van der Waals surface area contributed by atoms with Crippen molar-refractivity contribution in [2.75, 3.05) is 0 Å². The summed E-state index contributed by atoms with van der Waals surface area (Å²) in [5.74, 6) is -13.7. The number of carbonyl (C=O) groups is 1. The van der Waals surface area contributed by atoms with Crippen LogP contribution in [-0.2, 0) is 9.53 Å². The minimum atomic E-state index is -6.39. The maximum absolute atomic E-state index is 13.6. The standard InChI is InChI=1S/C16H19F7O2/c1-8(2)12(7-14(17,18)15(19,20)16(21,22)23)25-13(24)11-6-9-3-4-10(11)5-9/h3-4,8-12H,5-7H2,1-2H3. The van der Waals surface area contributed by atoms with Crippen LogP contribution in [0.15, 0.2) is 12.2 Å². The second-order valence-electron chi connectivity index (χ2n) is 7.09. The van der Waals surface area contributed by atoms with Gasteiger partial charge in [-0.3, -0.25) is 4.79 Å². The predicted octanol–water partition coefficient (Wildman–Crippen LogP) is 4.99. The Kier molecular flexibility index (Phi) is 5.18. The van der Waals surface area contributed by atoms with E-state index in [1.165, 1.54) is 13.8 Å². The summed E-state index contributed by atoms with van der Waals surface area (Å²) in [5.41, 5.74) is 0. The van der Waals surface area contributed by atoms with Gasteiger partial charge in [0.2, 0.25) is 0 Å². The van der Waals surface area contributed by atoms with Crippen molar-refractivity contribution in [3.63, 3.8) is 0 Å². The molecule has 2 aliphatic rings. The Hall–Kier alpha value is -1.28. The number of halogens is 7. The minimum Gasteiger partial charge on any atom is -0.462 e. The molecule has 0 spiro atoms. The molecule has 25 heavy (non-hydrogen) atoms. The summed E-state index contributed by atoms with van der Waals surface area (Å²) in [7, 11) is 0. The van der Waals surface area contributed by atoms with Gasteiger partial charge in [-0.15, -0.1) is 0 Å². The van der Waals surface area contributed by atoms with Gasteiger partial charge in [-0.1, -0.05) is 26.0 Å². The summed E-state index contributed by atoms with van der Waals surface area (Å²) in [6.07, 6.45) is -5.06. The Morgan fingerprint density at radius 2 is 1.68 bits per heavy atom. The van der Waals surface area contributed by atoms with Crippen molar-refractivity contribution < 1.29 is 40.3 Å². The topological polar surface area (TPSA) is 26.3 Å². The summed E-state index contributed by atoms with van der Waals surface area (Å²) >= 11 is 0. The monoisotopic (exact) mass is 376 g/mol.